The van der Waals surface area contributed by atoms with Gasteiger partial charge in [0, 0.05) is 14.2 Å². The Labute approximate surface area is 107 Å². The van der Waals surface area contributed by atoms with E-state index < -0.39 is 37.6 Å². The van der Waals surface area contributed by atoms with Gasteiger partial charge in [0.2, 0.25) is 5.79 Å². The molecule has 0 rings (SSSR count). The Morgan fingerprint density at radius 1 is 0.900 bits per heavy atom. The minimum absolute atomic E-state index is 0.584. The molecule has 13 heteroatoms. The van der Waals surface area contributed by atoms with E-state index in [-0.39, 0.29) is 0 Å². The van der Waals surface area contributed by atoms with Crippen molar-refractivity contribution in [2.24, 2.45) is 0 Å². The molecule has 5 nitrogen and oxygen atoms in total. The smallest absolute Gasteiger partial charge is 0.360 e. The lowest BCUT2D eigenvalue weighted by Gasteiger charge is -2.37. The van der Waals surface area contributed by atoms with Crippen LogP contribution >= 0.6 is 7.60 Å². The second kappa shape index (κ2) is 5.41. The fourth-order valence-corrected chi connectivity index (χ4v) is 2.15. The average Bonchev–Trinajstić information content (AvgIpc) is 2.26. The van der Waals surface area contributed by atoms with Gasteiger partial charge in [-0.1, -0.05) is 0 Å². The summed E-state index contributed by atoms with van der Waals surface area (Å²) in [5.74, 6) is -18.2. The van der Waals surface area contributed by atoms with Gasteiger partial charge in [0.15, 0.2) is 0 Å². The average molecular weight is 338 g/mol. The zero-order valence-electron chi connectivity index (χ0n) is 9.92. The molecule has 0 aliphatic heterocycles. The Balaban J connectivity index is 5.65. The van der Waals surface area contributed by atoms with E-state index in [0.717, 1.165) is 0 Å². The summed E-state index contributed by atoms with van der Waals surface area (Å²) in [7, 11) is -3.53. The number of halogens is 7. The maximum Gasteiger partial charge on any atom is 0.460 e. The highest BCUT2D eigenvalue weighted by Crippen LogP contribution is 2.56. The van der Waals surface area contributed by atoms with Gasteiger partial charge in [0.25, 0.3) is 0 Å². The minimum atomic E-state index is -6.78. The van der Waals surface area contributed by atoms with Gasteiger partial charge in [-0.3, -0.25) is 4.57 Å². The van der Waals surface area contributed by atoms with Crippen LogP contribution in [-0.4, -0.2) is 54.4 Å². The Morgan fingerprint density at radius 2 is 1.25 bits per heavy atom. The number of hydrogen-bond donors (Lipinski definition) is 2. The molecule has 0 aromatic carbocycles. The van der Waals surface area contributed by atoms with Crippen molar-refractivity contribution in [3.8, 4) is 0 Å². The molecule has 0 aromatic heterocycles. The first-order valence-corrected chi connectivity index (χ1v) is 6.28. The van der Waals surface area contributed by atoms with E-state index in [1.807, 2.05) is 0 Å². The van der Waals surface area contributed by atoms with Gasteiger partial charge in [-0.2, -0.15) is 30.7 Å². The number of alkyl halides is 7. The summed E-state index contributed by atoms with van der Waals surface area (Å²) in [6.07, 6.45) is -8.97. The van der Waals surface area contributed by atoms with E-state index in [2.05, 4.69) is 9.05 Å². The molecule has 0 amide bonds. The van der Waals surface area contributed by atoms with Crippen LogP contribution in [0.2, 0.25) is 0 Å². The van der Waals surface area contributed by atoms with Crippen LogP contribution < -0.4 is 0 Å². The maximum absolute atomic E-state index is 13.1. The summed E-state index contributed by atoms with van der Waals surface area (Å²) >= 11 is 0. The predicted octanol–water partition coefficient (Wildman–Crippen LogP) is 1.99. The van der Waals surface area contributed by atoms with Crippen LogP contribution in [0.5, 0.6) is 0 Å². The topological polar surface area (TPSA) is 76.0 Å². The Morgan fingerprint density at radius 3 is 1.50 bits per heavy atom. The van der Waals surface area contributed by atoms with E-state index in [0.29, 0.717) is 14.2 Å². The van der Waals surface area contributed by atoms with Gasteiger partial charge in [0.1, 0.15) is 6.16 Å². The third-order valence-electron chi connectivity index (χ3n) is 2.22. The lowest BCUT2D eigenvalue weighted by Crippen LogP contribution is -2.65. The SMILES string of the molecule is COP(=O)(CC(O)(O)C(F)(F)C(F)(F)C(F)(F)F)OC. The van der Waals surface area contributed by atoms with Crippen molar-refractivity contribution in [2.45, 2.75) is 23.8 Å². The van der Waals surface area contributed by atoms with Gasteiger partial charge in [-0.15, -0.1) is 0 Å². The normalized spacial score (nSPS) is 15.6. The molecule has 0 bridgehead atoms. The second-order valence-electron chi connectivity index (χ2n) is 3.60. The fourth-order valence-electron chi connectivity index (χ4n) is 1.00. The number of aliphatic hydroxyl groups is 2. The van der Waals surface area contributed by atoms with E-state index in [1.165, 1.54) is 0 Å². The minimum Gasteiger partial charge on any atom is -0.360 e. The zero-order chi connectivity index (χ0) is 16.6. The molecule has 122 valence electrons. The summed E-state index contributed by atoms with van der Waals surface area (Å²) < 4.78 is 106. The Kier molecular flexibility index (Phi) is 5.30. The summed E-state index contributed by atoms with van der Waals surface area (Å²) in [5.41, 5.74) is 0. The Hall–Kier alpha value is -0.420. The molecule has 0 atom stereocenters. The van der Waals surface area contributed by atoms with Gasteiger partial charge >= 0.3 is 25.6 Å². The highest BCUT2D eigenvalue weighted by molar-refractivity contribution is 7.53. The summed E-state index contributed by atoms with van der Waals surface area (Å²) in [4.78, 5) is 0. The highest BCUT2D eigenvalue weighted by Gasteiger charge is 2.80. The van der Waals surface area contributed by atoms with Crippen molar-refractivity contribution >= 4 is 7.60 Å². The predicted molar refractivity (Wildman–Crippen MR) is 49.6 cm³/mol. The van der Waals surface area contributed by atoms with Crippen molar-refractivity contribution in [1.82, 2.24) is 0 Å². The molecule has 0 unspecified atom stereocenters. The number of rotatable bonds is 6. The van der Waals surface area contributed by atoms with Crippen LogP contribution in [0.1, 0.15) is 0 Å². The molecule has 0 radical (unpaired) electrons. The molecular formula is C7H10F7O5P. The first-order chi connectivity index (χ1) is 8.58. The molecule has 2 N–H and O–H groups in total. The van der Waals surface area contributed by atoms with E-state index in [1.54, 1.807) is 0 Å². The van der Waals surface area contributed by atoms with Crippen molar-refractivity contribution in [2.75, 3.05) is 20.4 Å². The Bertz CT molecular complexity index is 386. The van der Waals surface area contributed by atoms with Crippen molar-refractivity contribution in [3.63, 3.8) is 0 Å². The third kappa shape index (κ3) is 3.25. The van der Waals surface area contributed by atoms with Gasteiger partial charge < -0.3 is 19.3 Å². The number of hydrogen-bond acceptors (Lipinski definition) is 5. The quantitative estimate of drug-likeness (QED) is 0.440. The van der Waals surface area contributed by atoms with Gasteiger partial charge in [-0.05, 0) is 0 Å². The molecule has 0 aromatic rings. The van der Waals surface area contributed by atoms with Crippen molar-refractivity contribution in [3.05, 3.63) is 0 Å². The van der Waals surface area contributed by atoms with Crippen molar-refractivity contribution < 1.29 is 54.6 Å². The van der Waals surface area contributed by atoms with E-state index in [4.69, 9.17) is 10.2 Å². The van der Waals surface area contributed by atoms with E-state index in [9.17, 15) is 35.3 Å². The molecular weight excluding hydrogens is 328 g/mol. The summed E-state index contributed by atoms with van der Waals surface area (Å²) in [5, 5.41) is 17.7. The van der Waals surface area contributed by atoms with Crippen molar-refractivity contribution in [1.29, 1.82) is 0 Å². The first kappa shape index (κ1) is 19.6. The molecule has 0 spiro atoms. The fraction of sp³-hybridized carbons (Fsp3) is 1.00. The van der Waals surface area contributed by atoms with E-state index >= 15 is 0 Å². The van der Waals surface area contributed by atoms with Crippen LogP contribution in [0.4, 0.5) is 30.7 Å². The molecule has 0 saturated heterocycles. The molecule has 0 heterocycles. The standard InChI is InChI=1S/C7H10F7O5P/c1-18-20(17,19-2)3-4(15,16)5(8,9)6(10,11)7(12,13)14/h15-16H,3H2,1-2H3. The first-order valence-electron chi connectivity index (χ1n) is 4.55. The molecule has 0 fully saturated rings. The highest BCUT2D eigenvalue weighted by atomic mass is 31.2. The van der Waals surface area contributed by atoms with Crippen LogP contribution in [0, 0.1) is 0 Å². The second-order valence-corrected chi connectivity index (χ2v) is 5.87. The molecule has 0 aliphatic rings. The zero-order valence-corrected chi connectivity index (χ0v) is 10.8. The lowest BCUT2D eigenvalue weighted by atomic mass is 10.0. The van der Waals surface area contributed by atoms with Crippen LogP contribution in [0.3, 0.4) is 0 Å². The van der Waals surface area contributed by atoms with Gasteiger partial charge in [0.05, 0.1) is 0 Å². The molecule has 0 saturated carbocycles. The monoisotopic (exact) mass is 338 g/mol. The third-order valence-corrected chi connectivity index (χ3v) is 4.16. The summed E-state index contributed by atoms with van der Waals surface area (Å²) in [6, 6.07) is 0. The van der Waals surface area contributed by atoms with Crippen LogP contribution in [0.15, 0.2) is 0 Å². The maximum atomic E-state index is 13.1. The van der Waals surface area contributed by atoms with Crippen LogP contribution in [-0.2, 0) is 13.6 Å². The summed E-state index contributed by atoms with van der Waals surface area (Å²) in [6.45, 7) is 0. The van der Waals surface area contributed by atoms with Crippen LogP contribution in [0.25, 0.3) is 0 Å². The largest absolute Gasteiger partial charge is 0.460 e. The lowest BCUT2D eigenvalue weighted by molar-refractivity contribution is -0.417. The molecule has 20 heavy (non-hydrogen) atoms. The molecule has 0 aliphatic carbocycles. The van der Waals surface area contributed by atoms with Gasteiger partial charge in [-0.25, -0.2) is 0 Å².